The van der Waals surface area contributed by atoms with Gasteiger partial charge < -0.3 is 5.32 Å². The maximum Gasteiger partial charge on any atom is 0.236 e. The van der Waals surface area contributed by atoms with Gasteiger partial charge in [-0.05, 0) is 30.9 Å². The van der Waals surface area contributed by atoms with Crippen molar-refractivity contribution in [3.63, 3.8) is 0 Å². The standard InChI is InChI=1S/C16H20N2OS/c1-11-6-8-13(9-7-11)15(14-5-4-10-20-14)18-12(2)16(19)17-3/h4-10,12,15,18H,1-3H3,(H,17,19)/t12-,15+/m0/s1. The van der Waals surface area contributed by atoms with E-state index < -0.39 is 0 Å². The summed E-state index contributed by atoms with van der Waals surface area (Å²) in [6.07, 6.45) is 0. The molecule has 0 saturated heterocycles. The molecule has 2 aromatic rings. The van der Waals surface area contributed by atoms with Crippen LogP contribution in [0.25, 0.3) is 0 Å². The molecular formula is C16H20N2OS. The van der Waals surface area contributed by atoms with E-state index >= 15 is 0 Å². The smallest absolute Gasteiger partial charge is 0.236 e. The highest BCUT2D eigenvalue weighted by molar-refractivity contribution is 7.10. The second-order valence-electron chi connectivity index (χ2n) is 4.86. The van der Waals surface area contributed by atoms with E-state index in [2.05, 4.69) is 53.3 Å². The van der Waals surface area contributed by atoms with Gasteiger partial charge in [0.1, 0.15) is 0 Å². The first-order valence-electron chi connectivity index (χ1n) is 6.69. The van der Waals surface area contributed by atoms with Gasteiger partial charge in [-0.3, -0.25) is 10.1 Å². The number of nitrogens with one attached hydrogen (secondary N) is 2. The molecule has 3 nitrogen and oxygen atoms in total. The number of rotatable bonds is 5. The van der Waals surface area contributed by atoms with Gasteiger partial charge in [0.2, 0.25) is 5.91 Å². The Kier molecular flexibility index (Phi) is 4.93. The van der Waals surface area contributed by atoms with Crippen LogP contribution in [0, 0.1) is 6.92 Å². The van der Waals surface area contributed by atoms with E-state index in [0.29, 0.717) is 0 Å². The van der Waals surface area contributed by atoms with Gasteiger partial charge in [0.05, 0.1) is 12.1 Å². The lowest BCUT2D eigenvalue weighted by molar-refractivity contribution is -0.122. The molecule has 0 radical (unpaired) electrons. The summed E-state index contributed by atoms with van der Waals surface area (Å²) in [4.78, 5) is 12.9. The molecule has 1 aromatic carbocycles. The Balaban J connectivity index is 2.26. The number of hydrogen-bond donors (Lipinski definition) is 2. The minimum Gasteiger partial charge on any atom is -0.358 e. The van der Waals surface area contributed by atoms with Crippen molar-refractivity contribution in [3.8, 4) is 0 Å². The third-order valence-electron chi connectivity index (χ3n) is 3.29. The topological polar surface area (TPSA) is 41.1 Å². The van der Waals surface area contributed by atoms with Gasteiger partial charge in [-0.1, -0.05) is 35.9 Å². The molecule has 0 unspecified atom stereocenters. The van der Waals surface area contributed by atoms with E-state index in [1.807, 2.05) is 13.0 Å². The lowest BCUT2D eigenvalue weighted by Crippen LogP contribution is -2.42. The molecule has 20 heavy (non-hydrogen) atoms. The fraction of sp³-hybridized carbons (Fsp3) is 0.312. The average Bonchev–Trinajstić information content (AvgIpc) is 2.98. The molecule has 0 bridgehead atoms. The maximum absolute atomic E-state index is 11.7. The molecule has 2 atom stereocenters. The van der Waals surface area contributed by atoms with Crippen LogP contribution in [0.2, 0.25) is 0 Å². The summed E-state index contributed by atoms with van der Waals surface area (Å²) < 4.78 is 0. The molecule has 1 aromatic heterocycles. The van der Waals surface area contributed by atoms with E-state index in [-0.39, 0.29) is 18.0 Å². The monoisotopic (exact) mass is 288 g/mol. The molecule has 0 aliphatic carbocycles. The number of hydrogen-bond acceptors (Lipinski definition) is 3. The molecule has 0 saturated carbocycles. The third kappa shape index (κ3) is 3.46. The van der Waals surface area contributed by atoms with Crippen LogP contribution in [-0.4, -0.2) is 19.0 Å². The van der Waals surface area contributed by atoms with E-state index in [1.165, 1.54) is 16.0 Å². The lowest BCUT2D eigenvalue weighted by Gasteiger charge is -2.22. The number of thiophene rings is 1. The summed E-state index contributed by atoms with van der Waals surface area (Å²) >= 11 is 1.70. The van der Waals surface area contributed by atoms with Gasteiger partial charge in [-0.25, -0.2) is 0 Å². The zero-order chi connectivity index (χ0) is 14.5. The van der Waals surface area contributed by atoms with E-state index in [9.17, 15) is 4.79 Å². The molecule has 106 valence electrons. The summed E-state index contributed by atoms with van der Waals surface area (Å²) in [6, 6.07) is 12.4. The fourth-order valence-corrected chi connectivity index (χ4v) is 2.91. The van der Waals surface area contributed by atoms with E-state index in [4.69, 9.17) is 0 Å². The number of benzene rings is 1. The van der Waals surface area contributed by atoms with Gasteiger partial charge in [0, 0.05) is 11.9 Å². The highest BCUT2D eigenvalue weighted by Crippen LogP contribution is 2.26. The summed E-state index contributed by atoms with van der Waals surface area (Å²) in [6.45, 7) is 3.96. The number of aryl methyl sites for hydroxylation is 1. The van der Waals surface area contributed by atoms with Gasteiger partial charge in [0.25, 0.3) is 0 Å². The van der Waals surface area contributed by atoms with Crippen molar-refractivity contribution in [1.82, 2.24) is 10.6 Å². The molecule has 0 aliphatic rings. The van der Waals surface area contributed by atoms with Crippen LogP contribution >= 0.6 is 11.3 Å². The van der Waals surface area contributed by atoms with Crippen molar-refractivity contribution in [2.45, 2.75) is 25.9 Å². The lowest BCUT2D eigenvalue weighted by atomic mass is 10.0. The van der Waals surface area contributed by atoms with Crippen molar-refractivity contribution in [1.29, 1.82) is 0 Å². The van der Waals surface area contributed by atoms with Crippen LogP contribution < -0.4 is 10.6 Å². The summed E-state index contributed by atoms with van der Waals surface area (Å²) in [7, 11) is 1.66. The van der Waals surface area contributed by atoms with Crippen LogP contribution in [0.15, 0.2) is 41.8 Å². The first kappa shape index (κ1) is 14.8. The Labute approximate surface area is 124 Å². The molecule has 2 rings (SSSR count). The Hall–Kier alpha value is -1.65. The number of carbonyl (C=O) groups is 1. The number of likely N-dealkylation sites (N-methyl/N-ethyl adjacent to an activating group) is 1. The normalized spacial score (nSPS) is 13.8. The Morgan fingerprint density at radius 1 is 1.20 bits per heavy atom. The van der Waals surface area contributed by atoms with Crippen LogP contribution in [0.3, 0.4) is 0 Å². The van der Waals surface area contributed by atoms with Crippen molar-refractivity contribution < 1.29 is 4.79 Å². The summed E-state index contributed by atoms with van der Waals surface area (Å²) in [5.74, 6) is -0.00123. The van der Waals surface area contributed by atoms with Crippen molar-refractivity contribution >= 4 is 17.2 Å². The van der Waals surface area contributed by atoms with Gasteiger partial charge >= 0.3 is 0 Å². The first-order valence-corrected chi connectivity index (χ1v) is 7.57. The summed E-state index contributed by atoms with van der Waals surface area (Å²) in [5.41, 5.74) is 2.41. The predicted octanol–water partition coefficient (Wildman–Crippen LogP) is 2.87. The second-order valence-corrected chi connectivity index (χ2v) is 5.84. The molecule has 0 spiro atoms. The molecule has 1 heterocycles. The van der Waals surface area contributed by atoms with Crippen molar-refractivity contribution in [2.24, 2.45) is 0 Å². The maximum atomic E-state index is 11.7. The van der Waals surface area contributed by atoms with Crippen LogP contribution in [0.1, 0.15) is 29.0 Å². The number of amides is 1. The molecule has 0 aliphatic heterocycles. The second kappa shape index (κ2) is 6.68. The third-order valence-corrected chi connectivity index (χ3v) is 4.23. The van der Waals surface area contributed by atoms with E-state index in [0.717, 1.165) is 0 Å². The van der Waals surface area contributed by atoms with Crippen LogP contribution in [0.5, 0.6) is 0 Å². The molecule has 1 amide bonds. The minimum atomic E-state index is -0.242. The first-order chi connectivity index (χ1) is 9.61. The predicted molar refractivity (Wildman–Crippen MR) is 84.0 cm³/mol. The van der Waals surface area contributed by atoms with Crippen molar-refractivity contribution in [2.75, 3.05) is 7.05 Å². The minimum absolute atomic E-state index is 0.00123. The van der Waals surface area contributed by atoms with Crippen molar-refractivity contribution in [3.05, 3.63) is 57.8 Å². The Bertz CT molecular complexity index is 548. The quantitative estimate of drug-likeness (QED) is 0.888. The largest absolute Gasteiger partial charge is 0.358 e. The molecule has 0 fully saturated rings. The highest BCUT2D eigenvalue weighted by atomic mass is 32.1. The van der Waals surface area contributed by atoms with Crippen LogP contribution in [-0.2, 0) is 4.79 Å². The molecule has 4 heteroatoms. The highest BCUT2D eigenvalue weighted by Gasteiger charge is 2.20. The molecular weight excluding hydrogens is 268 g/mol. The number of carbonyl (C=O) groups excluding carboxylic acids is 1. The average molecular weight is 288 g/mol. The van der Waals surface area contributed by atoms with E-state index in [1.54, 1.807) is 18.4 Å². The van der Waals surface area contributed by atoms with Crippen LogP contribution in [0.4, 0.5) is 0 Å². The van der Waals surface area contributed by atoms with Gasteiger partial charge in [-0.2, -0.15) is 0 Å². The fourth-order valence-electron chi connectivity index (χ4n) is 2.10. The zero-order valence-corrected chi connectivity index (χ0v) is 12.8. The van der Waals surface area contributed by atoms with Gasteiger partial charge in [-0.15, -0.1) is 11.3 Å². The summed E-state index contributed by atoms with van der Waals surface area (Å²) in [5, 5.41) is 8.14. The Morgan fingerprint density at radius 3 is 2.45 bits per heavy atom. The molecule has 2 N–H and O–H groups in total. The zero-order valence-electron chi connectivity index (χ0n) is 12.0. The Morgan fingerprint density at radius 2 is 1.90 bits per heavy atom. The van der Waals surface area contributed by atoms with Gasteiger partial charge in [0.15, 0.2) is 0 Å². The SMILES string of the molecule is CNC(=O)[C@H](C)N[C@H](c1ccc(C)cc1)c1cccs1.